The van der Waals surface area contributed by atoms with Gasteiger partial charge >= 0.3 is 0 Å². The van der Waals surface area contributed by atoms with Crippen LogP contribution in [-0.2, 0) is 4.79 Å². The van der Waals surface area contributed by atoms with Gasteiger partial charge in [-0.05, 0) is 58.8 Å². The highest BCUT2D eigenvalue weighted by molar-refractivity contribution is 5.79. The molecule has 1 aromatic heterocycles. The SMILES string of the molecule is Cc1cccc(-c2cncc([C@H]3CCCN(C(=O)C4CCN(C)CC4)C3)n2)c1. The topological polar surface area (TPSA) is 49.3 Å². The predicted octanol–water partition coefficient (Wildman–Crippen LogP) is 3.50. The Bertz CT molecular complexity index is 829. The first-order valence-electron chi connectivity index (χ1n) is 10.5. The fourth-order valence-corrected chi connectivity index (χ4v) is 4.45. The molecule has 0 radical (unpaired) electrons. The minimum absolute atomic E-state index is 0.194. The summed E-state index contributed by atoms with van der Waals surface area (Å²) in [6.07, 6.45) is 7.80. The Morgan fingerprint density at radius 3 is 2.71 bits per heavy atom. The van der Waals surface area contributed by atoms with Crippen LogP contribution in [0, 0.1) is 12.8 Å². The molecule has 1 aromatic carbocycles. The normalized spacial score (nSPS) is 21.6. The Hall–Kier alpha value is -2.27. The summed E-state index contributed by atoms with van der Waals surface area (Å²) >= 11 is 0. The molecule has 1 amide bonds. The molecule has 3 heterocycles. The highest BCUT2D eigenvalue weighted by atomic mass is 16.2. The Labute approximate surface area is 167 Å². The van der Waals surface area contributed by atoms with Crippen molar-refractivity contribution >= 4 is 5.91 Å². The van der Waals surface area contributed by atoms with Gasteiger partial charge in [-0.2, -0.15) is 0 Å². The van der Waals surface area contributed by atoms with Crippen molar-refractivity contribution in [3.05, 3.63) is 47.9 Å². The molecular formula is C23H30N4O. The molecule has 0 spiro atoms. The molecule has 2 fully saturated rings. The van der Waals surface area contributed by atoms with E-state index in [4.69, 9.17) is 4.98 Å². The minimum Gasteiger partial charge on any atom is -0.342 e. The van der Waals surface area contributed by atoms with E-state index < -0.39 is 0 Å². The number of carbonyl (C=O) groups is 1. The average Bonchev–Trinajstić information content (AvgIpc) is 2.74. The second kappa shape index (κ2) is 8.39. The van der Waals surface area contributed by atoms with Crippen LogP contribution in [0.3, 0.4) is 0 Å². The van der Waals surface area contributed by atoms with E-state index >= 15 is 0 Å². The highest BCUT2D eigenvalue weighted by Gasteiger charge is 2.31. The third-order valence-electron chi connectivity index (χ3n) is 6.19. The lowest BCUT2D eigenvalue weighted by atomic mass is 9.91. The Morgan fingerprint density at radius 1 is 1.11 bits per heavy atom. The van der Waals surface area contributed by atoms with E-state index in [-0.39, 0.29) is 11.8 Å². The van der Waals surface area contributed by atoms with E-state index in [1.165, 1.54) is 5.56 Å². The van der Waals surface area contributed by atoms with Gasteiger partial charge in [-0.15, -0.1) is 0 Å². The van der Waals surface area contributed by atoms with Gasteiger partial charge in [0.05, 0.1) is 17.6 Å². The molecule has 1 atom stereocenters. The molecule has 5 heteroatoms. The minimum atomic E-state index is 0.194. The van der Waals surface area contributed by atoms with Crippen LogP contribution in [-0.4, -0.2) is 58.9 Å². The Morgan fingerprint density at radius 2 is 1.93 bits per heavy atom. The van der Waals surface area contributed by atoms with Crippen LogP contribution in [0.1, 0.15) is 42.9 Å². The van der Waals surface area contributed by atoms with E-state index in [1.54, 1.807) is 0 Å². The van der Waals surface area contributed by atoms with E-state index in [0.717, 1.165) is 68.8 Å². The van der Waals surface area contributed by atoms with Crippen molar-refractivity contribution in [1.82, 2.24) is 19.8 Å². The van der Waals surface area contributed by atoms with E-state index in [1.807, 2.05) is 12.4 Å². The first-order valence-corrected chi connectivity index (χ1v) is 10.5. The molecule has 5 nitrogen and oxygen atoms in total. The van der Waals surface area contributed by atoms with Gasteiger partial charge in [0.2, 0.25) is 5.91 Å². The maximum atomic E-state index is 13.0. The van der Waals surface area contributed by atoms with Crippen molar-refractivity contribution in [2.24, 2.45) is 5.92 Å². The lowest BCUT2D eigenvalue weighted by Gasteiger charge is -2.37. The lowest BCUT2D eigenvalue weighted by molar-refractivity contribution is -0.138. The molecule has 0 unspecified atom stereocenters. The molecule has 2 aliphatic rings. The standard InChI is InChI=1S/C23H30N4O/c1-17-5-3-6-19(13-17)21-14-24-15-22(25-21)20-7-4-10-27(16-20)23(28)18-8-11-26(2)12-9-18/h3,5-6,13-15,18,20H,4,7-12,16H2,1-2H3/t20-/m0/s1. The number of benzene rings is 1. The third-order valence-corrected chi connectivity index (χ3v) is 6.19. The number of hydrogen-bond acceptors (Lipinski definition) is 4. The van der Waals surface area contributed by atoms with Gasteiger partial charge in [-0.1, -0.05) is 23.8 Å². The number of aromatic nitrogens is 2. The second-order valence-corrected chi connectivity index (χ2v) is 8.40. The molecule has 0 saturated carbocycles. The summed E-state index contributed by atoms with van der Waals surface area (Å²) < 4.78 is 0. The molecule has 4 rings (SSSR count). The van der Waals surface area contributed by atoms with Crippen molar-refractivity contribution in [2.45, 2.75) is 38.5 Å². The molecule has 2 aliphatic heterocycles. The van der Waals surface area contributed by atoms with Crippen molar-refractivity contribution in [3.8, 4) is 11.3 Å². The van der Waals surface area contributed by atoms with Gasteiger partial charge < -0.3 is 9.80 Å². The largest absolute Gasteiger partial charge is 0.342 e. The predicted molar refractivity (Wildman–Crippen MR) is 111 cm³/mol. The number of hydrogen-bond donors (Lipinski definition) is 0. The van der Waals surface area contributed by atoms with Gasteiger partial charge in [0.15, 0.2) is 0 Å². The summed E-state index contributed by atoms with van der Waals surface area (Å²) in [5, 5.41) is 0. The quantitative estimate of drug-likeness (QED) is 0.820. The summed E-state index contributed by atoms with van der Waals surface area (Å²) in [5.41, 5.74) is 4.25. The Kier molecular flexibility index (Phi) is 5.72. The number of aryl methyl sites for hydroxylation is 1. The van der Waals surface area contributed by atoms with Crippen molar-refractivity contribution in [1.29, 1.82) is 0 Å². The Balaban J connectivity index is 1.47. The number of likely N-dealkylation sites (tertiary alicyclic amines) is 2. The number of carbonyl (C=O) groups excluding carboxylic acids is 1. The molecule has 2 aromatic rings. The zero-order valence-electron chi connectivity index (χ0n) is 17.0. The summed E-state index contributed by atoms with van der Waals surface area (Å²) in [4.78, 5) is 26.8. The summed E-state index contributed by atoms with van der Waals surface area (Å²) in [6.45, 7) is 5.80. The molecule has 148 valence electrons. The number of amides is 1. The van der Waals surface area contributed by atoms with Crippen LogP contribution < -0.4 is 0 Å². The highest BCUT2D eigenvalue weighted by Crippen LogP contribution is 2.29. The van der Waals surface area contributed by atoms with Crippen LogP contribution in [0.2, 0.25) is 0 Å². The smallest absolute Gasteiger partial charge is 0.225 e. The summed E-state index contributed by atoms with van der Waals surface area (Å²) in [5.74, 6) is 0.821. The van der Waals surface area contributed by atoms with Gasteiger partial charge in [-0.3, -0.25) is 9.78 Å². The maximum absolute atomic E-state index is 13.0. The van der Waals surface area contributed by atoms with E-state index in [0.29, 0.717) is 5.91 Å². The maximum Gasteiger partial charge on any atom is 0.225 e. The fourth-order valence-electron chi connectivity index (χ4n) is 4.45. The molecule has 0 N–H and O–H groups in total. The molecule has 0 aliphatic carbocycles. The summed E-state index contributed by atoms with van der Waals surface area (Å²) in [7, 11) is 2.14. The molecule has 2 saturated heterocycles. The van der Waals surface area contributed by atoms with E-state index in [9.17, 15) is 4.79 Å². The number of rotatable bonds is 3. The fraction of sp³-hybridized carbons (Fsp3) is 0.522. The van der Waals surface area contributed by atoms with Crippen LogP contribution >= 0.6 is 0 Å². The molecule has 28 heavy (non-hydrogen) atoms. The van der Waals surface area contributed by atoms with E-state index in [2.05, 4.69) is 53.0 Å². The third kappa shape index (κ3) is 4.25. The van der Waals surface area contributed by atoms with Crippen molar-refractivity contribution in [3.63, 3.8) is 0 Å². The van der Waals surface area contributed by atoms with Crippen LogP contribution in [0.15, 0.2) is 36.7 Å². The second-order valence-electron chi connectivity index (χ2n) is 8.40. The zero-order chi connectivity index (χ0) is 19.5. The zero-order valence-corrected chi connectivity index (χ0v) is 17.0. The monoisotopic (exact) mass is 378 g/mol. The number of piperidine rings is 2. The van der Waals surface area contributed by atoms with Gasteiger partial charge in [0, 0.05) is 36.7 Å². The first kappa shape index (κ1) is 19.1. The van der Waals surface area contributed by atoms with Crippen LogP contribution in [0.5, 0.6) is 0 Å². The van der Waals surface area contributed by atoms with Crippen molar-refractivity contribution in [2.75, 3.05) is 33.2 Å². The van der Waals surface area contributed by atoms with Crippen LogP contribution in [0.25, 0.3) is 11.3 Å². The first-order chi connectivity index (χ1) is 13.6. The van der Waals surface area contributed by atoms with Gasteiger partial charge in [0.25, 0.3) is 0 Å². The lowest BCUT2D eigenvalue weighted by Crippen LogP contribution is -2.45. The van der Waals surface area contributed by atoms with Gasteiger partial charge in [-0.25, -0.2) is 4.98 Å². The van der Waals surface area contributed by atoms with Crippen molar-refractivity contribution < 1.29 is 4.79 Å². The summed E-state index contributed by atoms with van der Waals surface area (Å²) in [6, 6.07) is 8.37. The molecular weight excluding hydrogens is 348 g/mol. The number of nitrogens with zero attached hydrogens (tertiary/aromatic N) is 4. The van der Waals surface area contributed by atoms with Gasteiger partial charge in [0.1, 0.15) is 0 Å². The molecule has 0 bridgehead atoms. The average molecular weight is 379 g/mol. The van der Waals surface area contributed by atoms with Crippen LogP contribution in [0.4, 0.5) is 0 Å².